The third-order valence-corrected chi connectivity index (χ3v) is 3.54. The molecule has 0 saturated carbocycles. The molecule has 4 nitrogen and oxygen atoms in total. The van der Waals surface area contributed by atoms with Gasteiger partial charge in [0.1, 0.15) is 11.8 Å². The predicted octanol–water partition coefficient (Wildman–Crippen LogP) is 2.86. The van der Waals surface area contributed by atoms with Crippen LogP contribution in [-0.4, -0.2) is 22.0 Å². The van der Waals surface area contributed by atoms with Gasteiger partial charge in [-0.3, -0.25) is 4.68 Å². The predicted molar refractivity (Wildman–Crippen MR) is 70.6 cm³/mol. The van der Waals surface area contributed by atoms with Crippen molar-refractivity contribution < 1.29 is 9.84 Å². The van der Waals surface area contributed by atoms with Gasteiger partial charge in [-0.05, 0) is 39.0 Å². The molecule has 0 spiro atoms. The Balaban J connectivity index is 2.29. The molecule has 0 aromatic carbocycles. The zero-order valence-electron chi connectivity index (χ0n) is 11.3. The van der Waals surface area contributed by atoms with E-state index in [2.05, 4.69) is 31.1 Å². The van der Waals surface area contributed by atoms with E-state index in [-0.39, 0.29) is 12.0 Å². The summed E-state index contributed by atoms with van der Waals surface area (Å²) in [4.78, 5) is 0. The van der Waals surface area contributed by atoms with Gasteiger partial charge in [0.2, 0.25) is 0 Å². The molecule has 1 aromatic heterocycles. The van der Waals surface area contributed by atoms with Gasteiger partial charge in [-0.2, -0.15) is 5.10 Å². The molecular formula is C14H22N2O2. The number of hydrogen-bond donors (Lipinski definition) is 1. The van der Waals surface area contributed by atoms with E-state index >= 15 is 0 Å². The smallest absolute Gasteiger partial charge is 0.162 e. The van der Waals surface area contributed by atoms with Crippen molar-refractivity contribution in [1.29, 1.82) is 0 Å². The Morgan fingerprint density at radius 2 is 2.22 bits per heavy atom. The normalized spacial score (nSPS) is 21.3. The largest absolute Gasteiger partial charge is 0.493 e. The van der Waals surface area contributed by atoms with Gasteiger partial charge >= 0.3 is 0 Å². The number of nitrogens with zero attached hydrogens (tertiary/aromatic N) is 2. The van der Waals surface area contributed by atoms with Crippen molar-refractivity contribution in [2.45, 2.75) is 45.3 Å². The average Bonchev–Trinajstić information content (AvgIpc) is 2.82. The lowest BCUT2D eigenvalue weighted by Crippen LogP contribution is -2.19. The molecule has 0 amide bonds. The molecule has 2 atom stereocenters. The lowest BCUT2D eigenvalue weighted by molar-refractivity contribution is 0.0893. The van der Waals surface area contributed by atoms with Crippen molar-refractivity contribution in [3.8, 4) is 5.75 Å². The van der Waals surface area contributed by atoms with E-state index in [4.69, 9.17) is 4.74 Å². The van der Waals surface area contributed by atoms with Crippen LogP contribution >= 0.6 is 0 Å². The lowest BCUT2D eigenvalue weighted by atomic mass is 9.87. The molecule has 0 saturated heterocycles. The number of methoxy groups -OCH3 is 1. The van der Waals surface area contributed by atoms with Crippen LogP contribution < -0.4 is 4.74 Å². The van der Waals surface area contributed by atoms with Crippen molar-refractivity contribution in [2.24, 2.45) is 5.92 Å². The van der Waals surface area contributed by atoms with Crippen LogP contribution in [0.4, 0.5) is 0 Å². The zero-order chi connectivity index (χ0) is 13.1. The van der Waals surface area contributed by atoms with Crippen molar-refractivity contribution in [3.63, 3.8) is 0 Å². The molecule has 1 aliphatic rings. The van der Waals surface area contributed by atoms with Crippen LogP contribution in [0.25, 0.3) is 0 Å². The molecule has 2 unspecified atom stereocenters. The summed E-state index contributed by atoms with van der Waals surface area (Å²) in [7, 11) is 1.62. The molecule has 0 aliphatic heterocycles. The number of aliphatic hydroxyl groups excluding tert-OH is 1. The van der Waals surface area contributed by atoms with Gasteiger partial charge in [0.05, 0.1) is 13.3 Å². The molecule has 18 heavy (non-hydrogen) atoms. The molecule has 1 heterocycles. The molecule has 0 fully saturated rings. The molecule has 2 rings (SSSR count). The first-order valence-corrected chi connectivity index (χ1v) is 6.59. The van der Waals surface area contributed by atoms with Crippen molar-refractivity contribution in [3.05, 3.63) is 24.0 Å². The number of ether oxygens (including phenoxy) is 1. The number of aromatic nitrogens is 2. The fraction of sp³-hybridized carbons (Fsp3) is 0.643. The van der Waals surface area contributed by atoms with Gasteiger partial charge in [-0.15, -0.1) is 0 Å². The fourth-order valence-corrected chi connectivity index (χ4v) is 2.53. The van der Waals surface area contributed by atoms with Crippen LogP contribution in [0.3, 0.4) is 0 Å². The highest BCUT2D eigenvalue weighted by atomic mass is 16.5. The molecule has 1 N–H and O–H groups in total. The van der Waals surface area contributed by atoms with E-state index in [1.54, 1.807) is 13.3 Å². The average molecular weight is 250 g/mol. The summed E-state index contributed by atoms with van der Waals surface area (Å²) in [6.45, 7) is 4.12. The van der Waals surface area contributed by atoms with Crippen LogP contribution in [0.2, 0.25) is 0 Å². The minimum Gasteiger partial charge on any atom is -0.493 e. The number of hydrogen-bond acceptors (Lipinski definition) is 3. The maximum Gasteiger partial charge on any atom is 0.162 e. The molecule has 4 heteroatoms. The van der Waals surface area contributed by atoms with Crippen molar-refractivity contribution in [2.75, 3.05) is 7.11 Å². The Labute approximate surface area is 108 Å². The van der Waals surface area contributed by atoms with Gasteiger partial charge < -0.3 is 9.84 Å². The van der Waals surface area contributed by atoms with E-state index in [1.807, 2.05) is 4.68 Å². The second kappa shape index (κ2) is 5.57. The SMILES string of the molecule is COc1cnn(C(C)C)c1C(O)C1CC=CCC1. The monoisotopic (exact) mass is 250 g/mol. The third kappa shape index (κ3) is 2.43. The second-order valence-electron chi connectivity index (χ2n) is 5.13. The Morgan fingerprint density at radius 3 is 2.78 bits per heavy atom. The highest BCUT2D eigenvalue weighted by Crippen LogP contribution is 2.36. The van der Waals surface area contributed by atoms with Crippen molar-refractivity contribution in [1.82, 2.24) is 9.78 Å². The highest BCUT2D eigenvalue weighted by molar-refractivity contribution is 5.28. The van der Waals surface area contributed by atoms with Crippen LogP contribution in [0.1, 0.15) is 50.9 Å². The quantitative estimate of drug-likeness (QED) is 0.836. The van der Waals surface area contributed by atoms with Gasteiger partial charge in [-0.25, -0.2) is 0 Å². The molecule has 0 bridgehead atoms. The summed E-state index contributed by atoms with van der Waals surface area (Å²) >= 11 is 0. The number of aliphatic hydroxyl groups is 1. The summed E-state index contributed by atoms with van der Waals surface area (Å²) in [5.74, 6) is 0.948. The Hall–Kier alpha value is -1.29. The summed E-state index contributed by atoms with van der Waals surface area (Å²) in [6.07, 6.45) is 8.50. The van der Waals surface area contributed by atoms with E-state index in [0.717, 1.165) is 25.0 Å². The first kappa shape index (κ1) is 13.1. The van der Waals surface area contributed by atoms with Crippen LogP contribution in [0, 0.1) is 5.92 Å². The third-order valence-electron chi connectivity index (χ3n) is 3.54. The Bertz CT molecular complexity index is 423. The molecule has 0 radical (unpaired) electrons. The summed E-state index contributed by atoms with van der Waals surface area (Å²) in [5.41, 5.74) is 0.813. The second-order valence-corrected chi connectivity index (χ2v) is 5.13. The van der Waals surface area contributed by atoms with Gasteiger partial charge in [0, 0.05) is 6.04 Å². The van der Waals surface area contributed by atoms with Crippen LogP contribution in [0.15, 0.2) is 18.3 Å². The minimum absolute atomic E-state index is 0.220. The van der Waals surface area contributed by atoms with Crippen LogP contribution in [0.5, 0.6) is 5.75 Å². The molecule has 1 aromatic rings. The maximum atomic E-state index is 10.6. The topological polar surface area (TPSA) is 47.3 Å². The number of rotatable bonds is 4. The van der Waals surface area contributed by atoms with E-state index in [0.29, 0.717) is 5.75 Å². The van der Waals surface area contributed by atoms with Crippen LogP contribution in [-0.2, 0) is 0 Å². The lowest BCUT2D eigenvalue weighted by Gasteiger charge is -2.26. The zero-order valence-corrected chi connectivity index (χ0v) is 11.3. The van der Waals surface area contributed by atoms with Gasteiger partial charge in [0.15, 0.2) is 5.75 Å². The minimum atomic E-state index is -0.505. The maximum absolute atomic E-state index is 10.6. The first-order chi connectivity index (χ1) is 8.65. The fourth-order valence-electron chi connectivity index (χ4n) is 2.53. The van der Waals surface area contributed by atoms with E-state index in [1.165, 1.54) is 0 Å². The molecule has 100 valence electrons. The van der Waals surface area contributed by atoms with Gasteiger partial charge in [-0.1, -0.05) is 12.2 Å². The van der Waals surface area contributed by atoms with Gasteiger partial charge in [0.25, 0.3) is 0 Å². The van der Waals surface area contributed by atoms with Crippen molar-refractivity contribution >= 4 is 0 Å². The summed E-state index contributed by atoms with van der Waals surface area (Å²) in [6, 6.07) is 0.220. The summed E-state index contributed by atoms with van der Waals surface area (Å²) < 4.78 is 7.19. The highest BCUT2D eigenvalue weighted by Gasteiger charge is 2.28. The summed E-state index contributed by atoms with van der Waals surface area (Å²) in [5, 5.41) is 14.9. The molecular weight excluding hydrogens is 228 g/mol. The Morgan fingerprint density at radius 1 is 1.44 bits per heavy atom. The first-order valence-electron chi connectivity index (χ1n) is 6.59. The Kier molecular flexibility index (Phi) is 4.07. The number of allylic oxidation sites excluding steroid dienone is 2. The van der Waals surface area contributed by atoms with E-state index < -0.39 is 6.10 Å². The standard InChI is InChI=1S/C14H22N2O2/c1-10(2)16-13(12(18-3)9-15-16)14(17)11-7-5-4-6-8-11/h4-5,9-11,14,17H,6-8H2,1-3H3. The van der Waals surface area contributed by atoms with E-state index in [9.17, 15) is 5.11 Å². The molecule has 1 aliphatic carbocycles.